The molecule has 0 aliphatic heterocycles. The van der Waals surface area contributed by atoms with Crippen molar-refractivity contribution in [3.05, 3.63) is 35.9 Å². The molecule has 1 aromatic carbocycles. The van der Waals surface area contributed by atoms with Gasteiger partial charge in [-0.25, -0.2) is 8.42 Å². The van der Waals surface area contributed by atoms with Gasteiger partial charge in [0.1, 0.15) is 12.4 Å². The average molecular weight is 304 g/mol. The van der Waals surface area contributed by atoms with Crippen LogP contribution < -0.4 is 10.1 Å². The maximum atomic E-state index is 11.3. The van der Waals surface area contributed by atoms with Crippen LogP contribution in [0.25, 0.3) is 0 Å². The molecule has 0 saturated heterocycles. The van der Waals surface area contributed by atoms with Crippen LogP contribution in [0, 0.1) is 0 Å². The standard InChI is InChI=1S/C12H14ClNO4S/c1-3-12(15)14-10-8-9(13)4-5-11(10)18-6-7-19(2,16)17/h3-5,8H,1,6-7H2,2H3,(H,14,15). The highest BCUT2D eigenvalue weighted by Crippen LogP contribution is 2.28. The Bertz CT molecular complexity index is 583. The molecule has 1 rings (SSSR count). The smallest absolute Gasteiger partial charge is 0.247 e. The fraction of sp³-hybridized carbons (Fsp3) is 0.250. The second kappa shape index (κ2) is 6.58. The van der Waals surface area contributed by atoms with E-state index < -0.39 is 15.7 Å². The Morgan fingerprint density at radius 3 is 2.79 bits per heavy atom. The number of ether oxygens (including phenoxy) is 1. The van der Waals surface area contributed by atoms with Crippen molar-refractivity contribution in [2.24, 2.45) is 0 Å². The normalized spacial score (nSPS) is 10.8. The minimum absolute atomic E-state index is 0.00255. The van der Waals surface area contributed by atoms with E-state index >= 15 is 0 Å². The van der Waals surface area contributed by atoms with Crippen LogP contribution in [0.15, 0.2) is 30.9 Å². The number of nitrogens with one attached hydrogen (secondary N) is 1. The molecule has 0 bridgehead atoms. The van der Waals surface area contributed by atoms with Gasteiger partial charge in [-0.15, -0.1) is 0 Å². The molecule has 0 saturated carbocycles. The quantitative estimate of drug-likeness (QED) is 0.815. The summed E-state index contributed by atoms with van der Waals surface area (Å²) in [5.74, 6) is -0.164. The van der Waals surface area contributed by atoms with Gasteiger partial charge in [0.2, 0.25) is 5.91 Å². The number of benzene rings is 1. The average Bonchev–Trinajstić information content (AvgIpc) is 2.30. The molecule has 0 unspecified atom stereocenters. The molecule has 0 heterocycles. The maximum Gasteiger partial charge on any atom is 0.247 e. The van der Waals surface area contributed by atoms with Crippen molar-refractivity contribution in [3.8, 4) is 5.75 Å². The first-order valence-corrected chi connectivity index (χ1v) is 7.79. The van der Waals surface area contributed by atoms with Gasteiger partial charge in [0.25, 0.3) is 0 Å². The van der Waals surface area contributed by atoms with Gasteiger partial charge < -0.3 is 10.1 Å². The number of carbonyl (C=O) groups excluding carboxylic acids is 1. The zero-order chi connectivity index (χ0) is 14.5. The lowest BCUT2D eigenvalue weighted by atomic mass is 10.3. The molecule has 104 valence electrons. The number of amides is 1. The Labute approximate surface area is 117 Å². The van der Waals surface area contributed by atoms with E-state index in [2.05, 4.69) is 11.9 Å². The first-order chi connectivity index (χ1) is 8.81. The van der Waals surface area contributed by atoms with Gasteiger partial charge in [0, 0.05) is 11.3 Å². The Morgan fingerprint density at radius 2 is 2.21 bits per heavy atom. The third-order valence-electron chi connectivity index (χ3n) is 2.10. The first kappa shape index (κ1) is 15.5. The summed E-state index contributed by atoms with van der Waals surface area (Å²) in [4.78, 5) is 11.3. The predicted octanol–water partition coefficient (Wildman–Crippen LogP) is 1.89. The molecule has 0 fully saturated rings. The molecule has 1 amide bonds. The third kappa shape index (κ3) is 5.76. The molecule has 0 atom stereocenters. The van der Waals surface area contributed by atoms with Crippen LogP contribution in [0.1, 0.15) is 0 Å². The summed E-state index contributed by atoms with van der Waals surface area (Å²) < 4.78 is 27.3. The highest BCUT2D eigenvalue weighted by atomic mass is 35.5. The molecule has 1 N–H and O–H groups in total. The Kier molecular flexibility index (Phi) is 5.38. The second-order valence-corrected chi connectivity index (χ2v) is 6.51. The first-order valence-electron chi connectivity index (χ1n) is 5.35. The van der Waals surface area contributed by atoms with E-state index in [0.717, 1.165) is 12.3 Å². The van der Waals surface area contributed by atoms with Gasteiger partial charge in [-0.2, -0.15) is 0 Å². The monoisotopic (exact) mass is 303 g/mol. The van der Waals surface area contributed by atoms with E-state index in [1.807, 2.05) is 0 Å². The van der Waals surface area contributed by atoms with Gasteiger partial charge >= 0.3 is 0 Å². The molecular formula is C12H14ClNO4S. The van der Waals surface area contributed by atoms with Crippen LogP contribution in [-0.2, 0) is 14.6 Å². The summed E-state index contributed by atoms with van der Waals surface area (Å²) in [7, 11) is -3.10. The highest BCUT2D eigenvalue weighted by molar-refractivity contribution is 7.90. The zero-order valence-electron chi connectivity index (χ0n) is 10.3. The second-order valence-electron chi connectivity index (χ2n) is 3.81. The zero-order valence-corrected chi connectivity index (χ0v) is 11.9. The van der Waals surface area contributed by atoms with Crippen LogP contribution >= 0.6 is 11.6 Å². The fourth-order valence-corrected chi connectivity index (χ4v) is 1.77. The molecule has 0 spiro atoms. The summed E-state index contributed by atoms with van der Waals surface area (Å²) in [5.41, 5.74) is 0.367. The van der Waals surface area contributed by atoms with Gasteiger partial charge in [-0.05, 0) is 24.3 Å². The summed E-state index contributed by atoms with van der Waals surface area (Å²) in [5, 5.41) is 2.96. The number of hydrogen-bond donors (Lipinski definition) is 1. The molecule has 0 radical (unpaired) electrons. The molecule has 7 heteroatoms. The fourth-order valence-electron chi connectivity index (χ4n) is 1.21. The van der Waals surface area contributed by atoms with Crippen molar-refractivity contribution < 1.29 is 17.9 Å². The lowest BCUT2D eigenvalue weighted by molar-refractivity contribution is -0.111. The minimum Gasteiger partial charge on any atom is -0.490 e. The van der Waals surface area contributed by atoms with Crippen molar-refractivity contribution in [1.82, 2.24) is 0 Å². The van der Waals surface area contributed by atoms with E-state index in [-0.39, 0.29) is 12.4 Å². The lowest BCUT2D eigenvalue weighted by Crippen LogP contribution is -2.14. The van der Waals surface area contributed by atoms with Gasteiger partial charge in [0.05, 0.1) is 11.4 Å². The number of sulfone groups is 1. The number of rotatable bonds is 6. The molecule has 0 aromatic heterocycles. The number of carbonyl (C=O) groups is 1. The number of anilines is 1. The van der Waals surface area contributed by atoms with Crippen LogP contribution in [0.5, 0.6) is 5.75 Å². The number of halogens is 1. The molecule has 0 aliphatic carbocycles. The van der Waals surface area contributed by atoms with Crippen LogP contribution in [0.3, 0.4) is 0 Å². The minimum atomic E-state index is -3.10. The van der Waals surface area contributed by atoms with Crippen molar-refractivity contribution in [3.63, 3.8) is 0 Å². The third-order valence-corrected chi connectivity index (χ3v) is 3.24. The maximum absolute atomic E-state index is 11.3. The van der Waals surface area contributed by atoms with Gasteiger partial charge in [-0.1, -0.05) is 18.2 Å². The summed E-state index contributed by atoms with van der Waals surface area (Å²) in [6, 6.07) is 4.66. The largest absolute Gasteiger partial charge is 0.490 e. The van der Waals surface area contributed by atoms with E-state index in [1.165, 1.54) is 6.07 Å². The van der Waals surface area contributed by atoms with Crippen molar-refractivity contribution in [1.29, 1.82) is 0 Å². The predicted molar refractivity (Wildman–Crippen MR) is 75.5 cm³/mol. The van der Waals surface area contributed by atoms with Crippen LogP contribution in [0.2, 0.25) is 5.02 Å². The highest BCUT2D eigenvalue weighted by Gasteiger charge is 2.09. The van der Waals surface area contributed by atoms with E-state index in [0.29, 0.717) is 16.5 Å². The van der Waals surface area contributed by atoms with Crippen LogP contribution in [-0.4, -0.2) is 32.9 Å². The molecule has 19 heavy (non-hydrogen) atoms. The Balaban J connectivity index is 2.81. The number of hydrogen-bond acceptors (Lipinski definition) is 4. The van der Waals surface area contributed by atoms with Gasteiger partial charge in [0.15, 0.2) is 9.84 Å². The van der Waals surface area contributed by atoms with E-state index in [9.17, 15) is 13.2 Å². The lowest BCUT2D eigenvalue weighted by Gasteiger charge is -2.11. The van der Waals surface area contributed by atoms with Crippen LogP contribution in [0.4, 0.5) is 5.69 Å². The van der Waals surface area contributed by atoms with Crippen molar-refractivity contribution in [2.75, 3.05) is 23.9 Å². The SMILES string of the molecule is C=CC(=O)Nc1cc(Cl)ccc1OCCS(C)(=O)=O. The summed E-state index contributed by atoms with van der Waals surface area (Å²) in [6.07, 6.45) is 2.24. The van der Waals surface area contributed by atoms with E-state index in [1.54, 1.807) is 12.1 Å². The summed E-state index contributed by atoms with van der Waals surface area (Å²) in [6.45, 7) is 3.34. The topological polar surface area (TPSA) is 72.5 Å². The van der Waals surface area contributed by atoms with Gasteiger partial charge in [-0.3, -0.25) is 4.79 Å². The summed E-state index contributed by atoms with van der Waals surface area (Å²) >= 11 is 5.82. The van der Waals surface area contributed by atoms with Crippen molar-refractivity contribution >= 4 is 33.0 Å². The Morgan fingerprint density at radius 1 is 1.53 bits per heavy atom. The van der Waals surface area contributed by atoms with E-state index in [4.69, 9.17) is 16.3 Å². The molecule has 1 aromatic rings. The Hall–Kier alpha value is -1.53. The molecular weight excluding hydrogens is 290 g/mol. The van der Waals surface area contributed by atoms with Crippen molar-refractivity contribution in [2.45, 2.75) is 0 Å². The molecule has 5 nitrogen and oxygen atoms in total. The molecule has 0 aliphatic rings.